The number of hydrogen-bond donors (Lipinski definition) is 1. The minimum atomic E-state index is -3.24. The Bertz CT molecular complexity index is 1390. The van der Waals surface area contributed by atoms with Gasteiger partial charge in [-0.05, 0) is 37.6 Å². The number of nitrogens with one attached hydrogen (secondary N) is 1. The van der Waals surface area contributed by atoms with Crippen molar-refractivity contribution >= 4 is 51.8 Å². The Hall–Kier alpha value is -2.67. The smallest absolute Gasteiger partial charge is 0.290 e. The van der Waals surface area contributed by atoms with E-state index >= 15 is 8.78 Å². The molecule has 0 bridgehead atoms. The number of rotatable bonds is 6. The highest BCUT2D eigenvalue weighted by molar-refractivity contribution is 7.99. The summed E-state index contributed by atoms with van der Waals surface area (Å²) in [6.07, 6.45) is 1.54. The van der Waals surface area contributed by atoms with Crippen molar-refractivity contribution in [3.05, 3.63) is 99.2 Å². The molecule has 0 radical (unpaired) electrons. The zero-order valence-corrected chi connectivity index (χ0v) is 20.7. The maximum Gasteiger partial charge on any atom is 0.290 e. The van der Waals surface area contributed by atoms with Crippen LogP contribution in [0.15, 0.2) is 76.7 Å². The lowest BCUT2D eigenvalue weighted by Gasteiger charge is -2.20. The highest BCUT2D eigenvalue weighted by atomic mass is 35.5. The van der Waals surface area contributed by atoms with Crippen molar-refractivity contribution in [2.75, 3.05) is 6.54 Å². The zero-order valence-electron chi connectivity index (χ0n) is 18.3. The van der Waals surface area contributed by atoms with E-state index in [1.54, 1.807) is 67.7 Å². The molecule has 3 aromatic carbocycles. The van der Waals surface area contributed by atoms with E-state index in [0.717, 1.165) is 5.56 Å². The molecule has 0 atom stereocenters. The van der Waals surface area contributed by atoms with E-state index in [9.17, 15) is 4.79 Å². The van der Waals surface area contributed by atoms with Crippen LogP contribution in [0.25, 0.3) is 10.9 Å². The van der Waals surface area contributed by atoms with Gasteiger partial charge in [0.2, 0.25) is 0 Å². The average Bonchev–Trinajstić information content (AvgIpc) is 2.80. The third-order valence-electron chi connectivity index (χ3n) is 5.35. The molecule has 34 heavy (non-hydrogen) atoms. The summed E-state index contributed by atoms with van der Waals surface area (Å²) >= 11 is 13.7. The number of alkyl halides is 2. The Morgan fingerprint density at radius 3 is 2.56 bits per heavy atom. The lowest BCUT2D eigenvalue weighted by molar-refractivity contribution is -0.00308. The summed E-state index contributed by atoms with van der Waals surface area (Å²) in [5.41, 5.74) is 2.09. The van der Waals surface area contributed by atoms with Crippen molar-refractivity contribution in [2.24, 2.45) is 0 Å². The minimum absolute atomic E-state index is 0.113. The first-order valence-electron chi connectivity index (χ1n) is 10.4. The molecule has 0 aliphatic heterocycles. The molecule has 1 aromatic heterocycles. The second-order valence-electron chi connectivity index (χ2n) is 7.87. The predicted molar refractivity (Wildman–Crippen MR) is 134 cm³/mol. The Morgan fingerprint density at radius 2 is 1.79 bits per heavy atom. The number of carbonyl (C=O) groups is 1. The second kappa shape index (κ2) is 9.90. The van der Waals surface area contributed by atoms with Crippen LogP contribution in [0, 0.1) is 13.8 Å². The van der Waals surface area contributed by atoms with Gasteiger partial charge >= 0.3 is 0 Å². The van der Waals surface area contributed by atoms with Crippen LogP contribution in [-0.2, 0) is 5.92 Å². The maximum atomic E-state index is 15.0. The molecule has 8 heteroatoms. The van der Waals surface area contributed by atoms with Crippen LogP contribution in [0.5, 0.6) is 0 Å². The predicted octanol–water partition coefficient (Wildman–Crippen LogP) is 7.83. The fraction of sp³-hybridized carbons (Fsp3) is 0.154. The molecule has 1 heterocycles. The van der Waals surface area contributed by atoms with E-state index in [0.29, 0.717) is 36.3 Å². The van der Waals surface area contributed by atoms with Crippen LogP contribution < -0.4 is 5.32 Å². The van der Waals surface area contributed by atoms with Crippen molar-refractivity contribution in [1.29, 1.82) is 0 Å². The molecule has 3 nitrogen and oxygen atoms in total. The number of para-hydroxylation sites is 1. The van der Waals surface area contributed by atoms with Crippen LogP contribution in [0.1, 0.15) is 27.0 Å². The molecule has 1 N–H and O–H groups in total. The first-order chi connectivity index (χ1) is 16.2. The number of nitrogens with zero attached hydrogens (tertiary/aromatic N) is 1. The van der Waals surface area contributed by atoms with E-state index < -0.39 is 18.4 Å². The second-order valence-corrected chi connectivity index (χ2v) is 9.74. The van der Waals surface area contributed by atoms with Crippen molar-refractivity contribution in [2.45, 2.75) is 29.6 Å². The quantitative estimate of drug-likeness (QED) is 0.283. The Balaban J connectivity index is 1.68. The lowest BCUT2D eigenvalue weighted by atomic mass is 10.00. The summed E-state index contributed by atoms with van der Waals surface area (Å²) in [5, 5.41) is 3.71. The van der Waals surface area contributed by atoms with Gasteiger partial charge in [0.05, 0.1) is 27.7 Å². The van der Waals surface area contributed by atoms with E-state index in [1.165, 1.54) is 17.8 Å². The Morgan fingerprint density at radius 1 is 1.03 bits per heavy atom. The first kappa shape index (κ1) is 24.5. The van der Waals surface area contributed by atoms with Crippen LogP contribution in [0.3, 0.4) is 0 Å². The highest BCUT2D eigenvalue weighted by Gasteiger charge is 2.34. The van der Waals surface area contributed by atoms with Gasteiger partial charge in [0.15, 0.2) is 0 Å². The molecule has 0 spiro atoms. The summed E-state index contributed by atoms with van der Waals surface area (Å²) < 4.78 is 30.0. The molecule has 0 aliphatic rings. The van der Waals surface area contributed by atoms with Crippen molar-refractivity contribution in [3.8, 4) is 0 Å². The summed E-state index contributed by atoms with van der Waals surface area (Å²) in [6, 6.07) is 17.0. The van der Waals surface area contributed by atoms with E-state index in [4.69, 9.17) is 23.2 Å². The van der Waals surface area contributed by atoms with Crippen molar-refractivity contribution < 1.29 is 13.6 Å². The van der Waals surface area contributed by atoms with Gasteiger partial charge in [0.1, 0.15) is 0 Å². The molecule has 4 aromatic rings. The summed E-state index contributed by atoms with van der Waals surface area (Å²) in [7, 11) is 0. The molecule has 174 valence electrons. The van der Waals surface area contributed by atoms with Gasteiger partial charge in [0.25, 0.3) is 11.8 Å². The molecule has 1 amide bonds. The first-order valence-corrected chi connectivity index (χ1v) is 12.0. The fourth-order valence-electron chi connectivity index (χ4n) is 3.71. The molecule has 0 saturated carbocycles. The third-order valence-corrected chi connectivity index (χ3v) is 7.37. The van der Waals surface area contributed by atoms with Gasteiger partial charge in [-0.2, -0.15) is 8.78 Å². The molecular formula is C26H20Cl2F2N2OS. The highest BCUT2D eigenvalue weighted by Crippen LogP contribution is 2.40. The van der Waals surface area contributed by atoms with Crippen LogP contribution in [0.4, 0.5) is 8.78 Å². The number of fused-ring (bicyclic) bond motifs is 1. The van der Waals surface area contributed by atoms with Crippen LogP contribution in [-0.4, -0.2) is 17.4 Å². The number of halogens is 4. The normalized spacial score (nSPS) is 11.6. The van der Waals surface area contributed by atoms with Gasteiger partial charge in [-0.1, -0.05) is 83.0 Å². The monoisotopic (exact) mass is 516 g/mol. The summed E-state index contributed by atoms with van der Waals surface area (Å²) in [6.45, 7) is 2.64. The van der Waals surface area contributed by atoms with Crippen molar-refractivity contribution in [3.63, 3.8) is 0 Å². The average molecular weight is 517 g/mol. The van der Waals surface area contributed by atoms with Gasteiger partial charge in [-0.15, -0.1) is 0 Å². The largest absolute Gasteiger partial charge is 0.346 e. The van der Waals surface area contributed by atoms with E-state index in [-0.39, 0.29) is 11.1 Å². The number of amides is 1. The summed E-state index contributed by atoms with van der Waals surface area (Å²) in [5.74, 6) is -3.86. The van der Waals surface area contributed by atoms with E-state index in [2.05, 4.69) is 10.3 Å². The molecule has 0 fully saturated rings. The number of pyridine rings is 1. The zero-order chi connectivity index (χ0) is 24.5. The Labute approximate surface area is 210 Å². The number of carbonyl (C=O) groups excluding carboxylic acids is 1. The van der Waals surface area contributed by atoms with Gasteiger partial charge < -0.3 is 5.32 Å². The fourth-order valence-corrected chi connectivity index (χ4v) is 5.18. The van der Waals surface area contributed by atoms with E-state index in [1.807, 2.05) is 6.92 Å². The maximum absolute atomic E-state index is 15.0. The lowest BCUT2D eigenvalue weighted by Crippen LogP contribution is -2.35. The number of aromatic nitrogens is 1. The Kier molecular flexibility index (Phi) is 7.12. The van der Waals surface area contributed by atoms with Gasteiger partial charge in [-0.25, -0.2) is 0 Å². The summed E-state index contributed by atoms with van der Waals surface area (Å²) in [4.78, 5) is 18.8. The number of hydrogen-bond acceptors (Lipinski definition) is 3. The topological polar surface area (TPSA) is 42.0 Å². The van der Waals surface area contributed by atoms with Crippen LogP contribution in [0.2, 0.25) is 10.0 Å². The van der Waals surface area contributed by atoms with Crippen LogP contribution >= 0.6 is 35.0 Å². The molecule has 0 unspecified atom stereocenters. The minimum Gasteiger partial charge on any atom is -0.346 e. The van der Waals surface area contributed by atoms with Gasteiger partial charge in [0, 0.05) is 26.9 Å². The third kappa shape index (κ3) is 5.04. The SMILES string of the molecule is Cc1ccc(C(F)(F)CNC(=O)c2c(Sc3cccc(Cl)c3Cl)cnc3ccccc23)c(C)c1. The molecule has 4 rings (SSSR count). The molecule has 0 aliphatic carbocycles. The van der Waals surface area contributed by atoms with Gasteiger partial charge in [-0.3, -0.25) is 9.78 Å². The van der Waals surface area contributed by atoms with Crippen molar-refractivity contribution in [1.82, 2.24) is 10.3 Å². The standard InChI is InChI=1S/C26H20Cl2F2N2OS/c1-15-10-11-18(16(2)12-15)26(29,30)14-32-25(33)23-17-6-3-4-8-20(17)31-13-22(23)34-21-9-5-7-19(27)24(21)28/h3-13H,14H2,1-2H3,(H,32,33). The molecular weight excluding hydrogens is 497 g/mol. The number of aryl methyl sites for hydroxylation is 2. The molecule has 0 saturated heterocycles. The number of benzene rings is 3.